The molecule has 0 amide bonds. The van der Waals surface area contributed by atoms with Crippen molar-refractivity contribution in [1.82, 2.24) is 0 Å². The number of phenolic OH excluding ortho intramolecular Hbond substituents is 2. The first kappa shape index (κ1) is 14.5. The lowest BCUT2D eigenvalue weighted by atomic mass is 10.0. The summed E-state index contributed by atoms with van der Waals surface area (Å²) in [6.45, 7) is 0. The molecule has 0 atom stereocenters. The number of aromatic hydroxyl groups is 2. The normalized spacial score (nSPS) is 11.2. The molecule has 0 saturated heterocycles. The van der Waals surface area contributed by atoms with E-state index in [1.54, 1.807) is 30.3 Å². The van der Waals surface area contributed by atoms with Gasteiger partial charge in [0.25, 0.3) is 0 Å². The van der Waals surface area contributed by atoms with E-state index in [1.165, 1.54) is 25.3 Å². The fourth-order valence-electron chi connectivity index (χ4n) is 1.92. The molecular formula is C16H14O5. The highest BCUT2D eigenvalue weighted by molar-refractivity contribution is 6.20. The van der Waals surface area contributed by atoms with Crippen molar-refractivity contribution < 1.29 is 24.9 Å². The van der Waals surface area contributed by atoms with Crippen molar-refractivity contribution in [2.24, 2.45) is 0 Å². The number of hydrogen-bond donors (Lipinski definition) is 3. The number of carbonyl (C=O) groups is 1. The summed E-state index contributed by atoms with van der Waals surface area (Å²) < 4.78 is 4.99. The number of para-hydroxylation sites is 1. The molecule has 2 aromatic carbocycles. The van der Waals surface area contributed by atoms with Crippen LogP contribution in [0.2, 0.25) is 0 Å². The summed E-state index contributed by atoms with van der Waals surface area (Å²) in [6.07, 6.45) is 1.33. The van der Waals surface area contributed by atoms with Crippen LogP contribution in [0.5, 0.6) is 17.2 Å². The van der Waals surface area contributed by atoms with Gasteiger partial charge in [0.15, 0.2) is 11.5 Å². The number of phenols is 2. The SMILES string of the molecule is COc1cccc(/C=C(\C(=O)O)c2cccc(O)c2)c1O. The van der Waals surface area contributed by atoms with E-state index in [2.05, 4.69) is 0 Å². The van der Waals surface area contributed by atoms with Gasteiger partial charge in [-0.1, -0.05) is 24.3 Å². The number of ether oxygens (including phenoxy) is 1. The fraction of sp³-hybridized carbons (Fsp3) is 0.0625. The van der Waals surface area contributed by atoms with Crippen molar-refractivity contribution in [3.05, 3.63) is 53.6 Å². The molecule has 0 aliphatic rings. The zero-order valence-corrected chi connectivity index (χ0v) is 11.3. The molecule has 5 nitrogen and oxygen atoms in total. The molecule has 3 N–H and O–H groups in total. The Morgan fingerprint density at radius 3 is 2.48 bits per heavy atom. The topological polar surface area (TPSA) is 87.0 Å². The minimum atomic E-state index is -1.16. The quantitative estimate of drug-likeness (QED) is 0.594. The van der Waals surface area contributed by atoms with Gasteiger partial charge in [-0.15, -0.1) is 0 Å². The van der Waals surface area contributed by atoms with Crippen LogP contribution in [-0.4, -0.2) is 28.4 Å². The maximum atomic E-state index is 11.4. The maximum absolute atomic E-state index is 11.4. The monoisotopic (exact) mass is 286 g/mol. The molecule has 2 aromatic rings. The Labute approximate surface area is 121 Å². The zero-order valence-electron chi connectivity index (χ0n) is 11.3. The van der Waals surface area contributed by atoms with Crippen LogP contribution in [0.1, 0.15) is 11.1 Å². The lowest BCUT2D eigenvalue weighted by molar-refractivity contribution is -0.130. The van der Waals surface area contributed by atoms with Gasteiger partial charge < -0.3 is 20.1 Å². The zero-order chi connectivity index (χ0) is 15.4. The summed E-state index contributed by atoms with van der Waals surface area (Å²) in [5, 5.41) is 28.8. The van der Waals surface area contributed by atoms with E-state index in [4.69, 9.17) is 4.74 Å². The molecule has 0 unspecified atom stereocenters. The lowest BCUT2D eigenvalue weighted by Crippen LogP contribution is -1.99. The Kier molecular flexibility index (Phi) is 4.13. The van der Waals surface area contributed by atoms with Gasteiger partial charge in [-0.3, -0.25) is 0 Å². The number of benzene rings is 2. The summed E-state index contributed by atoms with van der Waals surface area (Å²) in [7, 11) is 1.41. The summed E-state index contributed by atoms with van der Waals surface area (Å²) >= 11 is 0. The van der Waals surface area contributed by atoms with Crippen LogP contribution in [0.3, 0.4) is 0 Å². The van der Waals surface area contributed by atoms with Gasteiger partial charge in [0.2, 0.25) is 0 Å². The van der Waals surface area contributed by atoms with Crippen LogP contribution >= 0.6 is 0 Å². The lowest BCUT2D eigenvalue weighted by Gasteiger charge is -2.08. The van der Waals surface area contributed by atoms with E-state index in [-0.39, 0.29) is 22.8 Å². The van der Waals surface area contributed by atoms with E-state index in [0.29, 0.717) is 11.1 Å². The van der Waals surface area contributed by atoms with E-state index in [9.17, 15) is 20.1 Å². The predicted octanol–water partition coefficient (Wildman–Crippen LogP) is 2.73. The third kappa shape index (κ3) is 3.14. The Bertz CT molecular complexity index is 704. The molecule has 0 radical (unpaired) electrons. The van der Waals surface area contributed by atoms with Gasteiger partial charge in [0.1, 0.15) is 5.75 Å². The molecule has 0 spiro atoms. The number of methoxy groups -OCH3 is 1. The molecule has 108 valence electrons. The molecule has 0 aliphatic heterocycles. The average molecular weight is 286 g/mol. The molecule has 5 heteroatoms. The molecule has 0 aromatic heterocycles. The van der Waals surface area contributed by atoms with Crippen molar-refractivity contribution in [3.63, 3.8) is 0 Å². The molecule has 0 saturated carbocycles. The van der Waals surface area contributed by atoms with E-state index in [0.717, 1.165) is 0 Å². The van der Waals surface area contributed by atoms with Gasteiger partial charge in [-0.25, -0.2) is 4.79 Å². The van der Waals surface area contributed by atoms with E-state index in [1.807, 2.05) is 0 Å². The van der Waals surface area contributed by atoms with Gasteiger partial charge in [0, 0.05) is 5.56 Å². The molecular weight excluding hydrogens is 272 g/mol. The van der Waals surface area contributed by atoms with Crippen LogP contribution in [0.4, 0.5) is 0 Å². The van der Waals surface area contributed by atoms with Crippen molar-refractivity contribution in [3.8, 4) is 17.2 Å². The minimum absolute atomic E-state index is 0.0329. The first-order valence-corrected chi connectivity index (χ1v) is 6.13. The first-order valence-electron chi connectivity index (χ1n) is 6.13. The Morgan fingerprint density at radius 2 is 1.86 bits per heavy atom. The van der Waals surface area contributed by atoms with Crippen LogP contribution in [0.25, 0.3) is 11.6 Å². The van der Waals surface area contributed by atoms with Gasteiger partial charge in [-0.2, -0.15) is 0 Å². The Hall–Kier alpha value is -2.95. The highest BCUT2D eigenvalue weighted by Gasteiger charge is 2.13. The summed E-state index contributed by atoms with van der Waals surface area (Å²) in [5.41, 5.74) is 0.606. The Balaban J connectivity index is 2.56. The van der Waals surface area contributed by atoms with E-state index >= 15 is 0 Å². The predicted molar refractivity (Wildman–Crippen MR) is 78.3 cm³/mol. The second-order valence-corrected chi connectivity index (χ2v) is 4.31. The summed E-state index contributed by atoms with van der Waals surface area (Å²) in [6, 6.07) is 10.7. The number of carboxylic acid groups (broad SMARTS) is 1. The smallest absolute Gasteiger partial charge is 0.336 e. The van der Waals surface area contributed by atoms with Crippen LogP contribution in [0, 0.1) is 0 Å². The number of aliphatic carboxylic acids is 1. The average Bonchev–Trinajstić information content (AvgIpc) is 2.45. The summed E-state index contributed by atoms with van der Waals surface area (Å²) in [4.78, 5) is 11.4. The largest absolute Gasteiger partial charge is 0.508 e. The molecule has 21 heavy (non-hydrogen) atoms. The third-order valence-electron chi connectivity index (χ3n) is 2.94. The highest BCUT2D eigenvalue weighted by atomic mass is 16.5. The molecule has 0 aliphatic carbocycles. The van der Waals surface area contributed by atoms with E-state index < -0.39 is 5.97 Å². The Morgan fingerprint density at radius 1 is 1.14 bits per heavy atom. The van der Waals surface area contributed by atoms with Crippen LogP contribution in [-0.2, 0) is 4.79 Å². The standard InChI is InChI=1S/C16H14O5/c1-21-14-7-3-5-11(15(14)18)9-13(16(19)20)10-4-2-6-12(17)8-10/h2-9,17-18H,1H3,(H,19,20)/b13-9-. The summed E-state index contributed by atoms with van der Waals surface area (Å²) in [5.74, 6) is -1.08. The van der Waals surface area contributed by atoms with Crippen molar-refractivity contribution in [1.29, 1.82) is 0 Å². The third-order valence-corrected chi connectivity index (χ3v) is 2.94. The number of hydrogen-bond acceptors (Lipinski definition) is 4. The van der Waals surface area contributed by atoms with Crippen molar-refractivity contribution in [2.45, 2.75) is 0 Å². The molecule has 0 bridgehead atoms. The number of rotatable bonds is 4. The van der Waals surface area contributed by atoms with Gasteiger partial charge >= 0.3 is 5.97 Å². The fourth-order valence-corrected chi connectivity index (χ4v) is 1.92. The van der Waals surface area contributed by atoms with Crippen molar-refractivity contribution in [2.75, 3.05) is 7.11 Å². The first-order chi connectivity index (χ1) is 10.0. The molecule has 0 heterocycles. The van der Waals surface area contributed by atoms with Crippen LogP contribution < -0.4 is 4.74 Å². The van der Waals surface area contributed by atoms with Crippen LogP contribution in [0.15, 0.2) is 42.5 Å². The van der Waals surface area contributed by atoms with Gasteiger partial charge in [0.05, 0.1) is 12.7 Å². The van der Waals surface area contributed by atoms with Gasteiger partial charge in [-0.05, 0) is 29.8 Å². The maximum Gasteiger partial charge on any atom is 0.336 e. The minimum Gasteiger partial charge on any atom is -0.508 e. The highest BCUT2D eigenvalue weighted by Crippen LogP contribution is 2.32. The molecule has 2 rings (SSSR count). The second kappa shape index (κ2) is 6.00. The second-order valence-electron chi connectivity index (χ2n) is 4.31. The van der Waals surface area contributed by atoms with Crippen molar-refractivity contribution >= 4 is 17.6 Å². The molecule has 0 fully saturated rings. The number of carboxylic acids is 1.